The molecule has 0 radical (unpaired) electrons. The summed E-state index contributed by atoms with van der Waals surface area (Å²) in [6.07, 6.45) is 2.79. The zero-order chi connectivity index (χ0) is 13.1. The van der Waals surface area contributed by atoms with Crippen LogP contribution < -0.4 is 4.74 Å². The van der Waals surface area contributed by atoms with Crippen LogP contribution in [0.25, 0.3) is 0 Å². The molecule has 1 aromatic heterocycles. The Morgan fingerprint density at radius 2 is 1.89 bits per heavy atom. The zero-order valence-corrected chi connectivity index (χ0v) is 9.48. The normalized spacial score (nSPS) is 10.2. The van der Waals surface area contributed by atoms with Gasteiger partial charge >= 0.3 is 0 Å². The van der Waals surface area contributed by atoms with Crippen molar-refractivity contribution in [1.82, 2.24) is 4.98 Å². The van der Waals surface area contributed by atoms with Crippen LogP contribution in [0.4, 0.5) is 8.78 Å². The molecule has 0 aliphatic rings. The zero-order valence-electron chi connectivity index (χ0n) is 9.48. The molecule has 2 aromatic rings. The molecule has 1 aromatic carbocycles. The molecule has 0 saturated heterocycles. The van der Waals surface area contributed by atoms with Gasteiger partial charge in [0.15, 0.2) is 17.4 Å². The fourth-order valence-corrected chi connectivity index (χ4v) is 1.46. The third kappa shape index (κ3) is 2.34. The fourth-order valence-electron chi connectivity index (χ4n) is 1.46. The lowest BCUT2D eigenvalue weighted by Crippen LogP contribution is -2.03. The van der Waals surface area contributed by atoms with E-state index in [1.165, 1.54) is 31.6 Å². The van der Waals surface area contributed by atoms with Crippen LogP contribution in [0.3, 0.4) is 0 Å². The van der Waals surface area contributed by atoms with Gasteiger partial charge in [0, 0.05) is 17.3 Å². The molecule has 1 heterocycles. The van der Waals surface area contributed by atoms with Gasteiger partial charge in [-0.25, -0.2) is 8.78 Å². The molecule has 0 spiro atoms. The third-order valence-electron chi connectivity index (χ3n) is 2.39. The van der Waals surface area contributed by atoms with Crippen LogP contribution in [0.15, 0.2) is 36.7 Å². The summed E-state index contributed by atoms with van der Waals surface area (Å²) in [5.74, 6) is -2.07. The average molecular weight is 249 g/mol. The van der Waals surface area contributed by atoms with Gasteiger partial charge in [0.1, 0.15) is 5.75 Å². The van der Waals surface area contributed by atoms with Gasteiger partial charge in [0.2, 0.25) is 0 Å². The summed E-state index contributed by atoms with van der Waals surface area (Å²) in [5.41, 5.74) is 0.310. The third-order valence-corrected chi connectivity index (χ3v) is 2.39. The molecule has 3 nitrogen and oxygen atoms in total. The van der Waals surface area contributed by atoms with Crippen molar-refractivity contribution in [3.8, 4) is 5.75 Å². The molecule has 2 rings (SSSR count). The van der Waals surface area contributed by atoms with E-state index < -0.39 is 17.4 Å². The predicted molar refractivity (Wildman–Crippen MR) is 60.6 cm³/mol. The van der Waals surface area contributed by atoms with Crippen molar-refractivity contribution in [2.45, 2.75) is 0 Å². The van der Waals surface area contributed by atoms with Crippen molar-refractivity contribution in [1.29, 1.82) is 0 Å². The standard InChI is InChI=1S/C13H9F2NO2/c1-18-10-4-9(6-16-7-10)13(17)8-2-3-11(14)12(15)5-8/h2-7H,1H3. The number of carbonyl (C=O) groups excluding carboxylic acids is 1. The van der Waals surface area contributed by atoms with Gasteiger partial charge in [-0.3, -0.25) is 9.78 Å². The van der Waals surface area contributed by atoms with Gasteiger partial charge in [-0.15, -0.1) is 0 Å². The first-order chi connectivity index (χ1) is 8.61. The van der Waals surface area contributed by atoms with Crippen molar-refractivity contribution in [2.24, 2.45) is 0 Å². The fraction of sp³-hybridized carbons (Fsp3) is 0.0769. The minimum absolute atomic E-state index is 0.0592. The van der Waals surface area contributed by atoms with Crippen molar-refractivity contribution in [3.05, 3.63) is 59.4 Å². The van der Waals surface area contributed by atoms with Gasteiger partial charge in [0.05, 0.1) is 13.3 Å². The second-order valence-electron chi connectivity index (χ2n) is 3.57. The molecular formula is C13H9F2NO2. The molecular weight excluding hydrogens is 240 g/mol. The van der Waals surface area contributed by atoms with Crippen LogP contribution in [0, 0.1) is 11.6 Å². The number of pyridine rings is 1. The van der Waals surface area contributed by atoms with Crippen molar-refractivity contribution in [3.63, 3.8) is 0 Å². The summed E-state index contributed by atoms with van der Waals surface area (Å²) in [4.78, 5) is 15.8. The minimum atomic E-state index is -1.06. The molecule has 5 heteroatoms. The lowest BCUT2D eigenvalue weighted by atomic mass is 10.0. The molecule has 0 aliphatic carbocycles. The van der Waals surface area contributed by atoms with E-state index in [4.69, 9.17) is 4.74 Å². The molecule has 0 fully saturated rings. The van der Waals surface area contributed by atoms with Crippen LogP contribution in [-0.4, -0.2) is 17.9 Å². The van der Waals surface area contributed by atoms with E-state index in [0.29, 0.717) is 5.75 Å². The molecule has 0 N–H and O–H groups in total. The van der Waals surface area contributed by atoms with Crippen LogP contribution >= 0.6 is 0 Å². The molecule has 92 valence electrons. The van der Waals surface area contributed by atoms with Gasteiger partial charge in [-0.1, -0.05) is 0 Å². The maximum Gasteiger partial charge on any atom is 0.194 e. The molecule has 0 unspecified atom stereocenters. The van der Waals surface area contributed by atoms with E-state index in [9.17, 15) is 13.6 Å². The van der Waals surface area contributed by atoms with E-state index in [1.54, 1.807) is 0 Å². The topological polar surface area (TPSA) is 39.2 Å². The second kappa shape index (κ2) is 4.91. The second-order valence-corrected chi connectivity index (χ2v) is 3.57. The highest BCUT2D eigenvalue weighted by molar-refractivity contribution is 6.08. The molecule has 0 amide bonds. The first kappa shape index (κ1) is 12.2. The molecule has 0 atom stereocenters. The number of halogens is 2. The monoisotopic (exact) mass is 249 g/mol. The minimum Gasteiger partial charge on any atom is -0.495 e. The number of rotatable bonds is 3. The number of nitrogens with zero attached hydrogens (tertiary/aromatic N) is 1. The maximum atomic E-state index is 13.0. The molecule has 0 saturated carbocycles. The summed E-state index contributed by atoms with van der Waals surface area (Å²) < 4.78 is 30.7. The number of ketones is 1. The van der Waals surface area contributed by atoms with Crippen LogP contribution in [0.5, 0.6) is 5.75 Å². The highest BCUT2D eigenvalue weighted by atomic mass is 19.2. The van der Waals surface area contributed by atoms with E-state index in [-0.39, 0.29) is 11.1 Å². The predicted octanol–water partition coefficient (Wildman–Crippen LogP) is 2.60. The summed E-state index contributed by atoms with van der Waals surface area (Å²) in [5, 5.41) is 0. The van der Waals surface area contributed by atoms with E-state index in [0.717, 1.165) is 12.1 Å². The number of benzene rings is 1. The Bertz CT molecular complexity index is 599. The molecule has 18 heavy (non-hydrogen) atoms. The SMILES string of the molecule is COc1cncc(C(=O)c2ccc(F)c(F)c2)c1. The Hall–Kier alpha value is -2.30. The number of hydrogen-bond donors (Lipinski definition) is 0. The van der Waals surface area contributed by atoms with E-state index in [2.05, 4.69) is 4.98 Å². The summed E-state index contributed by atoms with van der Waals surface area (Å²) >= 11 is 0. The maximum absolute atomic E-state index is 13.0. The summed E-state index contributed by atoms with van der Waals surface area (Å²) in [6.45, 7) is 0. The quantitative estimate of drug-likeness (QED) is 0.785. The van der Waals surface area contributed by atoms with Crippen LogP contribution in [-0.2, 0) is 0 Å². The Morgan fingerprint density at radius 3 is 2.56 bits per heavy atom. The number of carbonyl (C=O) groups is 1. The molecule has 0 bridgehead atoms. The number of hydrogen-bond acceptors (Lipinski definition) is 3. The van der Waals surface area contributed by atoms with Crippen molar-refractivity contribution < 1.29 is 18.3 Å². The average Bonchev–Trinajstić information content (AvgIpc) is 2.41. The molecule has 0 aliphatic heterocycles. The lowest BCUT2D eigenvalue weighted by Gasteiger charge is -2.03. The lowest BCUT2D eigenvalue weighted by molar-refractivity contribution is 0.103. The number of ether oxygens (including phenoxy) is 1. The Morgan fingerprint density at radius 1 is 1.11 bits per heavy atom. The first-order valence-electron chi connectivity index (χ1n) is 5.10. The van der Waals surface area contributed by atoms with Crippen molar-refractivity contribution in [2.75, 3.05) is 7.11 Å². The van der Waals surface area contributed by atoms with Crippen LogP contribution in [0.2, 0.25) is 0 Å². The number of methoxy groups -OCH3 is 1. The Labute approximate surface area is 102 Å². The number of aromatic nitrogens is 1. The highest BCUT2D eigenvalue weighted by Crippen LogP contribution is 2.16. The van der Waals surface area contributed by atoms with Gasteiger partial charge in [-0.2, -0.15) is 0 Å². The van der Waals surface area contributed by atoms with E-state index in [1.807, 2.05) is 0 Å². The van der Waals surface area contributed by atoms with Crippen molar-refractivity contribution >= 4 is 5.78 Å². The van der Waals surface area contributed by atoms with Gasteiger partial charge in [0.25, 0.3) is 0 Å². The summed E-state index contributed by atoms with van der Waals surface area (Å²) in [7, 11) is 1.45. The largest absolute Gasteiger partial charge is 0.495 e. The first-order valence-corrected chi connectivity index (χ1v) is 5.10. The van der Waals surface area contributed by atoms with Gasteiger partial charge in [-0.05, 0) is 24.3 Å². The van der Waals surface area contributed by atoms with Crippen LogP contribution in [0.1, 0.15) is 15.9 Å². The summed E-state index contributed by atoms with van der Waals surface area (Å²) in [6, 6.07) is 4.48. The van der Waals surface area contributed by atoms with Gasteiger partial charge < -0.3 is 4.74 Å². The Balaban J connectivity index is 2.38. The smallest absolute Gasteiger partial charge is 0.194 e. The Kier molecular flexibility index (Phi) is 3.32. The highest BCUT2D eigenvalue weighted by Gasteiger charge is 2.13. The van der Waals surface area contributed by atoms with E-state index >= 15 is 0 Å².